The quantitative estimate of drug-likeness (QED) is 0.587. The normalized spacial score (nSPS) is 15.7. The maximum Gasteiger partial charge on any atom is 0.243 e. The molecule has 2 aromatic rings. The Morgan fingerprint density at radius 3 is 2.48 bits per heavy atom. The van der Waals surface area contributed by atoms with Crippen molar-refractivity contribution in [3.05, 3.63) is 24.0 Å². The molecule has 0 unspecified atom stereocenters. The van der Waals surface area contributed by atoms with Crippen molar-refractivity contribution in [2.24, 2.45) is 0 Å². The van der Waals surface area contributed by atoms with Gasteiger partial charge in [0.25, 0.3) is 0 Å². The van der Waals surface area contributed by atoms with E-state index in [4.69, 9.17) is 17.2 Å². The van der Waals surface area contributed by atoms with Gasteiger partial charge in [-0.25, -0.2) is 13.4 Å². The monoisotopic (exact) mass is 454 g/mol. The van der Waals surface area contributed by atoms with Gasteiger partial charge in [-0.1, -0.05) is 30.4 Å². The number of hydrogen-bond acceptors (Lipinski definition) is 5. The van der Waals surface area contributed by atoms with Crippen molar-refractivity contribution in [3.63, 3.8) is 0 Å². The average molecular weight is 455 g/mol. The standard InChI is InChI=1S/C20H30N4O2S3/c1-4-22(5-2)20(27)28-15-19-21-17-14-16(10-11-18(17)24(19)6-3)29(25,26)23-12-8-7-9-13-23/h10-11,14H,4-9,12-13,15H2,1-3H3. The maximum absolute atomic E-state index is 13.0. The molecule has 0 aliphatic carbocycles. The molecule has 9 heteroatoms. The van der Waals surface area contributed by atoms with Crippen molar-refractivity contribution in [3.8, 4) is 0 Å². The van der Waals surface area contributed by atoms with Gasteiger partial charge in [0.2, 0.25) is 10.0 Å². The molecule has 1 aliphatic rings. The molecule has 6 nitrogen and oxygen atoms in total. The average Bonchev–Trinajstić information content (AvgIpc) is 3.10. The van der Waals surface area contributed by atoms with Crippen LogP contribution in [0.2, 0.25) is 0 Å². The molecule has 0 atom stereocenters. The molecule has 1 saturated heterocycles. The number of sulfonamides is 1. The van der Waals surface area contributed by atoms with Crippen LogP contribution in [-0.2, 0) is 22.3 Å². The van der Waals surface area contributed by atoms with Crippen LogP contribution in [0, 0.1) is 0 Å². The van der Waals surface area contributed by atoms with Gasteiger partial charge in [0.05, 0.1) is 21.7 Å². The molecule has 2 heterocycles. The molecular weight excluding hydrogens is 424 g/mol. The minimum absolute atomic E-state index is 0.338. The zero-order valence-electron chi connectivity index (χ0n) is 17.4. The summed E-state index contributed by atoms with van der Waals surface area (Å²) in [6.45, 7) is 10.1. The number of aryl methyl sites for hydroxylation is 1. The highest BCUT2D eigenvalue weighted by Gasteiger charge is 2.26. The van der Waals surface area contributed by atoms with E-state index in [1.165, 1.54) is 0 Å². The fourth-order valence-corrected chi connectivity index (χ4v) is 6.62. The van der Waals surface area contributed by atoms with E-state index in [0.717, 1.165) is 60.1 Å². The van der Waals surface area contributed by atoms with E-state index in [0.29, 0.717) is 23.7 Å². The number of benzene rings is 1. The highest BCUT2D eigenvalue weighted by molar-refractivity contribution is 8.22. The first-order valence-electron chi connectivity index (χ1n) is 10.3. The fourth-order valence-electron chi connectivity index (χ4n) is 3.74. The van der Waals surface area contributed by atoms with Crippen LogP contribution in [0.15, 0.2) is 23.1 Å². The van der Waals surface area contributed by atoms with Gasteiger partial charge in [-0.15, -0.1) is 0 Å². The lowest BCUT2D eigenvalue weighted by Crippen LogP contribution is -2.35. The highest BCUT2D eigenvalue weighted by Crippen LogP contribution is 2.26. The Hall–Kier alpha value is -1.16. The second-order valence-electron chi connectivity index (χ2n) is 7.11. The Labute approximate surface area is 183 Å². The number of piperidine rings is 1. The van der Waals surface area contributed by atoms with E-state index in [9.17, 15) is 8.42 Å². The van der Waals surface area contributed by atoms with Crippen LogP contribution in [0.4, 0.5) is 0 Å². The molecule has 0 radical (unpaired) electrons. The Morgan fingerprint density at radius 2 is 1.86 bits per heavy atom. The number of nitrogens with zero attached hydrogens (tertiary/aromatic N) is 4. The summed E-state index contributed by atoms with van der Waals surface area (Å²) in [6.07, 6.45) is 2.96. The number of rotatable bonds is 7. The van der Waals surface area contributed by atoms with Crippen LogP contribution >= 0.6 is 24.0 Å². The van der Waals surface area contributed by atoms with Crippen LogP contribution in [0.5, 0.6) is 0 Å². The molecule has 0 N–H and O–H groups in total. The molecule has 0 amide bonds. The molecule has 3 rings (SSSR count). The van der Waals surface area contributed by atoms with Crippen LogP contribution in [0.25, 0.3) is 11.0 Å². The van der Waals surface area contributed by atoms with Crippen LogP contribution in [0.1, 0.15) is 45.9 Å². The fraction of sp³-hybridized carbons (Fsp3) is 0.600. The zero-order chi connectivity index (χ0) is 21.0. The van der Waals surface area contributed by atoms with Crippen molar-refractivity contribution < 1.29 is 8.42 Å². The third-order valence-corrected chi connectivity index (χ3v) is 8.83. The van der Waals surface area contributed by atoms with Gasteiger partial charge in [-0.2, -0.15) is 4.31 Å². The van der Waals surface area contributed by atoms with Gasteiger partial charge in [-0.05, 0) is 51.8 Å². The van der Waals surface area contributed by atoms with Crippen molar-refractivity contribution in [1.82, 2.24) is 18.8 Å². The molecule has 1 aromatic carbocycles. The molecule has 0 saturated carbocycles. The van der Waals surface area contributed by atoms with E-state index in [2.05, 4.69) is 30.2 Å². The lowest BCUT2D eigenvalue weighted by molar-refractivity contribution is 0.346. The Morgan fingerprint density at radius 1 is 1.17 bits per heavy atom. The number of hydrogen-bond donors (Lipinski definition) is 0. The largest absolute Gasteiger partial charge is 0.358 e. The summed E-state index contributed by atoms with van der Waals surface area (Å²) in [5, 5.41) is 0. The van der Waals surface area contributed by atoms with Gasteiger partial charge in [-0.3, -0.25) is 0 Å². The van der Waals surface area contributed by atoms with Crippen molar-refractivity contribution in [1.29, 1.82) is 0 Å². The van der Waals surface area contributed by atoms with E-state index < -0.39 is 10.0 Å². The van der Waals surface area contributed by atoms with Crippen molar-refractivity contribution in [2.45, 2.75) is 57.2 Å². The Balaban J connectivity index is 1.87. The van der Waals surface area contributed by atoms with E-state index in [1.807, 2.05) is 6.07 Å². The van der Waals surface area contributed by atoms with Gasteiger partial charge < -0.3 is 9.47 Å². The third-order valence-electron chi connectivity index (χ3n) is 5.41. The number of thioether (sulfide) groups is 1. The molecular formula is C20H30N4O2S3. The first-order chi connectivity index (χ1) is 13.9. The Kier molecular flexibility index (Phi) is 7.58. The lowest BCUT2D eigenvalue weighted by Gasteiger charge is -2.25. The first kappa shape index (κ1) is 22.5. The highest BCUT2D eigenvalue weighted by atomic mass is 32.2. The minimum atomic E-state index is -3.46. The maximum atomic E-state index is 13.0. The SMILES string of the molecule is CCN(CC)C(=S)SCc1nc2cc(S(=O)(=O)N3CCCCC3)ccc2n1CC. The van der Waals surface area contributed by atoms with Crippen molar-refractivity contribution in [2.75, 3.05) is 26.2 Å². The topological polar surface area (TPSA) is 58.4 Å². The summed E-state index contributed by atoms with van der Waals surface area (Å²) >= 11 is 7.15. The smallest absolute Gasteiger partial charge is 0.243 e. The van der Waals surface area contributed by atoms with Gasteiger partial charge in [0.15, 0.2) is 0 Å². The first-order valence-corrected chi connectivity index (χ1v) is 13.2. The summed E-state index contributed by atoms with van der Waals surface area (Å²) in [4.78, 5) is 7.26. The molecule has 160 valence electrons. The predicted octanol–water partition coefficient (Wildman–Crippen LogP) is 4.09. The third kappa shape index (κ3) is 4.78. The van der Waals surface area contributed by atoms with E-state index in [-0.39, 0.29) is 0 Å². The summed E-state index contributed by atoms with van der Waals surface area (Å²) in [6, 6.07) is 5.33. The minimum Gasteiger partial charge on any atom is -0.358 e. The number of fused-ring (bicyclic) bond motifs is 1. The summed E-state index contributed by atoms with van der Waals surface area (Å²) in [5.41, 5.74) is 1.70. The predicted molar refractivity (Wildman–Crippen MR) is 125 cm³/mol. The summed E-state index contributed by atoms with van der Waals surface area (Å²) in [7, 11) is -3.46. The zero-order valence-corrected chi connectivity index (χ0v) is 19.9. The second-order valence-corrected chi connectivity index (χ2v) is 10.7. The van der Waals surface area contributed by atoms with Crippen LogP contribution in [-0.4, -0.2) is 57.7 Å². The van der Waals surface area contributed by atoms with Gasteiger partial charge >= 0.3 is 0 Å². The van der Waals surface area contributed by atoms with Crippen LogP contribution < -0.4 is 0 Å². The number of aromatic nitrogens is 2. The molecule has 1 aliphatic heterocycles. The number of imidazole rings is 1. The summed E-state index contributed by atoms with van der Waals surface area (Å²) in [5.74, 6) is 1.60. The number of thiocarbonyl (C=S) groups is 1. The Bertz CT molecular complexity index is 962. The molecule has 1 fully saturated rings. The van der Waals surface area contributed by atoms with Gasteiger partial charge in [0, 0.05) is 32.7 Å². The van der Waals surface area contributed by atoms with E-state index >= 15 is 0 Å². The van der Waals surface area contributed by atoms with Gasteiger partial charge in [0.1, 0.15) is 10.1 Å². The molecule has 1 aromatic heterocycles. The second kappa shape index (κ2) is 9.76. The molecule has 0 bridgehead atoms. The molecule has 29 heavy (non-hydrogen) atoms. The van der Waals surface area contributed by atoms with Crippen molar-refractivity contribution >= 4 is 49.4 Å². The summed E-state index contributed by atoms with van der Waals surface area (Å²) < 4.78 is 30.6. The van der Waals surface area contributed by atoms with E-state index in [1.54, 1.807) is 28.2 Å². The van der Waals surface area contributed by atoms with Crippen LogP contribution in [0.3, 0.4) is 0 Å². The molecule has 0 spiro atoms. The lowest BCUT2D eigenvalue weighted by atomic mass is 10.2.